The van der Waals surface area contributed by atoms with Crippen LogP contribution in [0.4, 0.5) is 4.39 Å². The maximum Gasteiger partial charge on any atom is 0.252 e. The minimum absolute atomic E-state index is 0.0400. The van der Waals surface area contributed by atoms with Gasteiger partial charge in [-0.2, -0.15) is 0 Å². The number of halogens is 1. The molecule has 0 saturated carbocycles. The lowest BCUT2D eigenvalue weighted by molar-refractivity contribution is 0.0696. The molecule has 0 unspecified atom stereocenters. The number of carbonyl (C=O) groups excluding carboxylic acids is 1. The molecule has 1 saturated heterocycles. The van der Waals surface area contributed by atoms with Gasteiger partial charge >= 0.3 is 0 Å². The van der Waals surface area contributed by atoms with Gasteiger partial charge in [0, 0.05) is 24.8 Å². The first kappa shape index (κ1) is 14.5. The lowest BCUT2D eigenvalue weighted by Gasteiger charge is -2.23. The van der Waals surface area contributed by atoms with Crippen molar-refractivity contribution in [2.75, 3.05) is 19.8 Å². The zero-order chi connectivity index (χ0) is 14.4. The average Bonchev–Trinajstić information content (AvgIpc) is 2.47. The average molecular weight is 277 g/mol. The molecule has 5 heteroatoms. The molecule has 0 radical (unpaired) electrons. The molecule has 4 nitrogen and oxygen atoms in total. The number of hydrogen-bond acceptors (Lipinski definition) is 3. The molecule has 2 rings (SSSR count). The van der Waals surface area contributed by atoms with Gasteiger partial charge in [-0.1, -0.05) is 11.8 Å². The van der Waals surface area contributed by atoms with Crippen LogP contribution in [-0.4, -0.2) is 36.9 Å². The van der Waals surface area contributed by atoms with Crippen LogP contribution in [0.3, 0.4) is 0 Å². The molecular formula is C15H16FNO3. The first-order valence-corrected chi connectivity index (χ1v) is 6.48. The van der Waals surface area contributed by atoms with Crippen LogP contribution in [0.15, 0.2) is 18.2 Å². The standard InChI is InChI=1S/C15H16FNO3/c16-12-4-3-11(2-1-7-18)14(10-12)15(19)17-13-5-8-20-9-6-13/h3-4,10,13,18H,5-9H2,(H,17,19). The maximum atomic E-state index is 13.3. The van der Waals surface area contributed by atoms with Gasteiger partial charge in [-0.3, -0.25) is 4.79 Å². The molecule has 20 heavy (non-hydrogen) atoms. The van der Waals surface area contributed by atoms with Crippen LogP contribution in [0.5, 0.6) is 0 Å². The Morgan fingerprint density at radius 2 is 2.20 bits per heavy atom. The van der Waals surface area contributed by atoms with Crippen molar-refractivity contribution < 1.29 is 19.0 Å². The summed E-state index contributed by atoms with van der Waals surface area (Å²) in [5.41, 5.74) is 0.599. The van der Waals surface area contributed by atoms with Crippen molar-refractivity contribution in [3.8, 4) is 11.8 Å². The van der Waals surface area contributed by atoms with Gasteiger partial charge in [-0.15, -0.1) is 0 Å². The minimum atomic E-state index is -0.489. The van der Waals surface area contributed by atoms with Gasteiger partial charge in [-0.25, -0.2) is 4.39 Å². The molecule has 0 aromatic heterocycles. The molecule has 0 atom stereocenters. The second-order valence-electron chi connectivity index (χ2n) is 4.51. The monoisotopic (exact) mass is 277 g/mol. The summed E-state index contributed by atoms with van der Waals surface area (Å²) in [6.45, 7) is 0.926. The number of rotatable bonds is 2. The Labute approximate surface area is 116 Å². The maximum absolute atomic E-state index is 13.3. The number of amides is 1. The third-order valence-corrected chi connectivity index (χ3v) is 3.08. The predicted molar refractivity (Wildman–Crippen MR) is 71.7 cm³/mol. The normalized spacial score (nSPS) is 15.3. The largest absolute Gasteiger partial charge is 0.384 e. The number of benzene rings is 1. The Balaban J connectivity index is 2.16. The fourth-order valence-electron chi connectivity index (χ4n) is 2.05. The molecule has 1 aromatic rings. The quantitative estimate of drug-likeness (QED) is 0.795. The van der Waals surface area contributed by atoms with Crippen LogP contribution in [0.2, 0.25) is 0 Å². The summed E-state index contributed by atoms with van der Waals surface area (Å²) in [5, 5.41) is 11.6. The molecule has 1 heterocycles. The fourth-order valence-corrected chi connectivity index (χ4v) is 2.05. The summed E-state index contributed by atoms with van der Waals surface area (Å²) in [6, 6.07) is 3.89. The van der Waals surface area contributed by atoms with E-state index in [9.17, 15) is 9.18 Å². The highest BCUT2D eigenvalue weighted by molar-refractivity contribution is 5.97. The first-order chi connectivity index (χ1) is 9.70. The highest BCUT2D eigenvalue weighted by Crippen LogP contribution is 2.13. The first-order valence-electron chi connectivity index (χ1n) is 6.48. The van der Waals surface area contributed by atoms with Crippen LogP contribution >= 0.6 is 0 Å². The molecule has 2 N–H and O–H groups in total. The van der Waals surface area contributed by atoms with Gasteiger partial charge in [0.05, 0.1) is 5.56 Å². The van der Waals surface area contributed by atoms with Crippen LogP contribution in [0, 0.1) is 17.7 Å². The van der Waals surface area contributed by atoms with E-state index in [0.29, 0.717) is 18.8 Å². The Morgan fingerprint density at radius 1 is 1.45 bits per heavy atom. The van der Waals surface area contributed by atoms with E-state index in [4.69, 9.17) is 9.84 Å². The van der Waals surface area contributed by atoms with Crippen molar-refractivity contribution >= 4 is 5.91 Å². The molecule has 1 amide bonds. The summed E-state index contributed by atoms with van der Waals surface area (Å²) in [5.74, 6) is 4.28. The van der Waals surface area contributed by atoms with Gasteiger partial charge < -0.3 is 15.2 Å². The molecule has 1 aromatic carbocycles. The summed E-state index contributed by atoms with van der Waals surface area (Å²) in [4.78, 5) is 12.2. The number of nitrogens with one attached hydrogen (secondary N) is 1. The van der Waals surface area contributed by atoms with E-state index in [1.807, 2.05) is 0 Å². The van der Waals surface area contributed by atoms with Crippen LogP contribution in [0.25, 0.3) is 0 Å². The Kier molecular flexibility index (Phi) is 5.10. The molecule has 0 spiro atoms. The SMILES string of the molecule is O=C(NC1CCOCC1)c1cc(F)ccc1C#CCO. The predicted octanol–water partition coefficient (Wildman–Crippen LogP) is 1.08. The minimum Gasteiger partial charge on any atom is -0.384 e. The van der Waals surface area contributed by atoms with Crippen molar-refractivity contribution in [2.45, 2.75) is 18.9 Å². The fraction of sp³-hybridized carbons (Fsp3) is 0.400. The van der Waals surface area contributed by atoms with Gasteiger partial charge in [0.2, 0.25) is 0 Å². The molecular weight excluding hydrogens is 261 g/mol. The van der Waals surface area contributed by atoms with Crippen molar-refractivity contribution in [1.82, 2.24) is 5.32 Å². The third-order valence-electron chi connectivity index (χ3n) is 3.08. The molecule has 0 bridgehead atoms. The number of aliphatic hydroxyl groups is 1. The summed E-state index contributed by atoms with van der Waals surface area (Å²) >= 11 is 0. The molecule has 106 valence electrons. The molecule has 1 aliphatic heterocycles. The van der Waals surface area contributed by atoms with Crippen LogP contribution < -0.4 is 5.32 Å². The van der Waals surface area contributed by atoms with Crippen LogP contribution in [0.1, 0.15) is 28.8 Å². The molecule has 0 aliphatic carbocycles. The van der Waals surface area contributed by atoms with Crippen molar-refractivity contribution in [3.63, 3.8) is 0 Å². The number of aliphatic hydroxyl groups excluding tert-OH is 1. The van der Waals surface area contributed by atoms with Gasteiger partial charge in [0.1, 0.15) is 12.4 Å². The molecule has 1 fully saturated rings. The summed E-state index contributed by atoms with van der Waals surface area (Å²) in [6.07, 6.45) is 1.50. The smallest absolute Gasteiger partial charge is 0.252 e. The third kappa shape index (κ3) is 3.80. The number of carbonyl (C=O) groups is 1. The Bertz CT molecular complexity index is 542. The molecule has 1 aliphatic rings. The van der Waals surface area contributed by atoms with E-state index in [2.05, 4.69) is 17.2 Å². The highest BCUT2D eigenvalue weighted by Gasteiger charge is 2.18. The van der Waals surface area contributed by atoms with Crippen molar-refractivity contribution in [2.24, 2.45) is 0 Å². The summed E-state index contributed by atoms with van der Waals surface area (Å²) in [7, 11) is 0. The van der Waals surface area contributed by atoms with Crippen LogP contribution in [-0.2, 0) is 4.74 Å². The number of hydrogen-bond donors (Lipinski definition) is 2. The Hall–Kier alpha value is -1.90. The zero-order valence-electron chi connectivity index (χ0n) is 11.0. The lowest BCUT2D eigenvalue weighted by atomic mass is 10.0. The van der Waals surface area contributed by atoms with Crippen molar-refractivity contribution in [1.29, 1.82) is 0 Å². The van der Waals surface area contributed by atoms with E-state index in [-0.39, 0.29) is 24.1 Å². The van der Waals surface area contributed by atoms with Gasteiger partial charge in [0.15, 0.2) is 0 Å². The lowest BCUT2D eigenvalue weighted by Crippen LogP contribution is -2.39. The van der Waals surface area contributed by atoms with E-state index < -0.39 is 5.82 Å². The zero-order valence-corrected chi connectivity index (χ0v) is 11.0. The second-order valence-corrected chi connectivity index (χ2v) is 4.51. The Morgan fingerprint density at radius 3 is 2.90 bits per heavy atom. The van der Waals surface area contributed by atoms with E-state index in [1.165, 1.54) is 12.1 Å². The second kappa shape index (κ2) is 7.04. The summed E-state index contributed by atoms with van der Waals surface area (Å²) < 4.78 is 18.5. The van der Waals surface area contributed by atoms with Gasteiger partial charge in [-0.05, 0) is 31.0 Å². The number of ether oxygens (including phenoxy) is 1. The van der Waals surface area contributed by atoms with E-state index in [0.717, 1.165) is 18.9 Å². The van der Waals surface area contributed by atoms with Crippen molar-refractivity contribution in [3.05, 3.63) is 35.1 Å². The highest BCUT2D eigenvalue weighted by atomic mass is 19.1. The van der Waals surface area contributed by atoms with E-state index in [1.54, 1.807) is 0 Å². The van der Waals surface area contributed by atoms with E-state index >= 15 is 0 Å². The van der Waals surface area contributed by atoms with Gasteiger partial charge in [0.25, 0.3) is 5.91 Å². The topological polar surface area (TPSA) is 58.6 Å².